The molecule has 0 atom stereocenters. The van der Waals surface area contributed by atoms with Crippen LogP contribution < -0.4 is 10.3 Å². The van der Waals surface area contributed by atoms with E-state index in [1.54, 1.807) is 54.6 Å². The van der Waals surface area contributed by atoms with Gasteiger partial charge in [0.05, 0.1) is 36.3 Å². The molecule has 1 heterocycles. The normalized spacial score (nSPS) is 11.8. The molecule has 0 fully saturated rings. The highest BCUT2D eigenvalue weighted by molar-refractivity contribution is 14.1. The van der Waals surface area contributed by atoms with Crippen LogP contribution in [0.2, 0.25) is 10.0 Å². The summed E-state index contributed by atoms with van der Waals surface area (Å²) in [6, 6.07) is 21.8. The second-order valence-corrected chi connectivity index (χ2v) is 10.6. The maximum Gasteiger partial charge on any atom is 0.416 e. The molecule has 1 aromatic heterocycles. The third-order valence-corrected chi connectivity index (χ3v) is 7.44. The number of para-hydroxylation sites is 1. The SMILES string of the molecule is O=c1c2ccccc2nc(-c2cccc(C(F)(F)F)c2)n1N=Cc1ccc(OCc2ccc(Cl)c(Cl)c2)c(I)c1. The van der Waals surface area contributed by atoms with Gasteiger partial charge in [-0.15, -0.1) is 0 Å². The van der Waals surface area contributed by atoms with Gasteiger partial charge in [-0.1, -0.05) is 53.5 Å². The van der Waals surface area contributed by atoms with E-state index < -0.39 is 17.3 Å². The number of fused-ring (bicyclic) bond motifs is 1. The molecule has 0 saturated carbocycles. The van der Waals surface area contributed by atoms with Gasteiger partial charge in [-0.05, 0) is 88.3 Å². The molecule has 4 aromatic carbocycles. The molecule has 0 radical (unpaired) electrons. The second kappa shape index (κ2) is 11.6. The van der Waals surface area contributed by atoms with Crippen LogP contribution in [0.3, 0.4) is 0 Å². The summed E-state index contributed by atoms with van der Waals surface area (Å²) in [5, 5.41) is 5.52. The van der Waals surface area contributed by atoms with Crippen LogP contribution in [0, 0.1) is 3.57 Å². The first-order valence-corrected chi connectivity index (χ1v) is 13.5. The lowest BCUT2D eigenvalue weighted by molar-refractivity contribution is -0.137. The Morgan fingerprint density at radius 1 is 0.950 bits per heavy atom. The lowest BCUT2D eigenvalue weighted by Crippen LogP contribution is -2.20. The van der Waals surface area contributed by atoms with E-state index in [1.807, 2.05) is 6.07 Å². The van der Waals surface area contributed by atoms with Crippen molar-refractivity contribution in [3.05, 3.63) is 126 Å². The Bertz CT molecular complexity index is 1820. The first kappa shape index (κ1) is 28.1. The zero-order valence-electron chi connectivity index (χ0n) is 20.3. The van der Waals surface area contributed by atoms with Gasteiger partial charge in [0.1, 0.15) is 12.4 Å². The molecule has 5 aromatic rings. The monoisotopic (exact) mass is 693 g/mol. The van der Waals surface area contributed by atoms with Crippen LogP contribution in [0.5, 0.6) is 5.75 Å². The summed E-state index contributed by atoms with van der Waals surface area (Å²) in [7, 11) is 0. The van der Waals surface area contributed by atoms with Crippen LogP contribution in [-0.2, 0) is 12.8 Å². The summed E-state index contributed by atoms with van der Waals surface area (Å²) in [5.41, 5.74) is 0.585. The van der Waals surface area contributed by atoms with E-state index in [2.05, 4.69) is 32.7 Å². The number of hydrogen-bond donors (Lipinski definition) is 0. The number of nitrogens with zero attached hydrogens (tertiary/aromatic N) is 3. The molecular weight excluding hydrogens is 677 g/mol. The molecule has 5 nitrogen and oxygen atoms in total. The highest BCUT2D eigenvalue weighted by Gasteiger charge is 2.31. The molecule has 0 aliphatic rings. The molecule has 0 amide bonds. The van der Waals surface area contributed by atoms with Crippen LogP contribution >= 0.6 is 45.8 Å². The van der Waals surface area contributed by atoms with Crippen molar-refractivity contribution in [2.75, 3.05) is 0 Å². The fraction of sp³-hybridized carbons (Fsp3) is 0.0690. The molecule has 0 aliphatic heterocycles. The van der Waals surface area contributed by atoms with Gasteiger partial charge in [-0.25, -0.2) is 4.98 Å². The number of aromatic nitrogens is 2. The van der Waals surface area contributed by atoms with Gasteiger partial charge in [0.2, 0.25) is 0 Å². The third kappa shape index (κ3) is 6.16. The molecule has 202 valence electrons. The molecule has 0 saturated heterocycles. The molecule has 40 heavy (non-hydrogen) atoms. The molecule has 5 rings (SSSR count). The summed E-state index contributed by atoms with van der Waals surface area (Å²) in [4.78, 5) is 17.8. The lowest BCUT2D eigenvalue weighted by Gasteiger charge is -2.12. The standard InChI is InChI=1S/C29H17Cl2F3IN3O2/c30-22-10-8-18(12-23(22)31)16-40-26-11-9-17(13-24(26)35)15-36-38-27(19-4-3-5-20(14-19)29(32,33)34)37-25-7-2-1-6-21(25)28(38)39/h1-15H,16H2. The minimum atomic E-state index is -4.55. The Balaban J connectivity index is 1.48. The van der Waals surface area contributed by atoms with Gasteiger partial charge >= 0.3 is 6.18 Å². The van der Waals surface area contributed by atoms with E-state index in [0.717, 1.165) is 25.9 Å². The fourth-order valence-corrected chi connectivity index (χ4v) is 4.90. The number of rotatable bonds is 6. The van der Waals surface area contributed by atoms with Crippen molar-refractivity contribution in [2.45, 2.75) is 12.8 Å². The Kier molecular flexibility index (Phi) is 8.16. The molecule has 0 unspecified atom stereocenters. The number of alkyl halides is 3. The smallest absolute Gasteiger partial charge is 0.416 e. The number of ether oxygens (including phenoxy) is 1. The molecule has 0 spiro atoms. The third-order valence-electron chi connectivity index (χ3n) is 5.86. The van der Waals surface area contributed by atoms with Crippen LogP contribution in [0.15, 0.2) is 94.8 Å². The highest BCUT2D eigenvalue weighted by atomic mass is 127. The predicted octanol–water partition coefficient (Wildman–Crippen LogP) is 8.45. The molecular formula is C29H17Cl2F3IN3O2. The summed E-state index contributed by atoms with van der Waals surface area (Å²) < 4.78 is 47.9. The summed E-state index contributed by atoms with van der Waals surface area (Å²) in [6.45, 7) is 0.277. The van der Waals surface area contributed by atoms with Gasteiger partial charge in [-0.3, -0.25) is 4.79 Å². The van der Waals surface area contributed by atoms with Gasteiger partial charge in [-0.2, -0.15) is 22.9 Å². The van der Waals surface area contributed by atoms with Gasteiger partial charge < -0.3 is 4.74 Å². The van der Waals surface area contributed by atoms with E-state index >= 15 is 0 Å². The number of hydrogen-bond acceptors (Lipinski definition) is 4. The first-order valence-electron chi connectivity index (χ1n) is 11.7. The van der Waals surface area contributed by atoms with Crippen molar-refractivity contribution in [2.24, 2.45) is 5.10 Å². The Morgan fingerprint density at radius 3 is 2.50 bits per heavy atom. The molecule has 11 heteroatoms. The quantitative estimate of drug-likeness (QED) is 0.133. The van der Waals surface area contributed by atoms with E-state index in [4.69, 9.17) is 27.9 Å². The Labute approximate surface area is 250 Å². The van der Waals surface area contributed by atoms with Crippen molar-refractivity contribution in [3.8, 4) is 17.1 Å². The zero-order valence-corrected chi connectivity index (χ0v) is 24.0. The Hall–Kier alpha value is -3.41. The van der Waals surface area contributed by atoms with Crippen LogP contribution in [-0.4, -0.2) is 15.9 Å². The lowest BCUT2D eigenvalue weighted by atomic mass is 10.1. The zero-order chi connectivity index (χ0) is 28.4. The summed E-state index contributed by atoms with van der Waals surface area (Å²) in [5.74, 6) is 0.611. The van der Waals surface area contributed by atoms with Crippen molar-refractivity contribution in [1.29, 1.82) is 0 Å². The largest absolute Gasteiger partial charge is 0.488 e. The summed E-state index contributed by atoms with van der Waals surface area (Å²) >= 11 is 14.2. The van der Waals surface area contributed by atoms with Gasteiger partial charge in [0.15, 0.2) is 5.82 Å². The minimum Gasteiger partial charge on any atom is -0.488 e. The fourth-order valence-electron chi connectivity index (χ4n) is 3.88. The van der Waals surface area contributed by atoms with Crippen LogP contribution in [0.4, 0.5) is 13.2 Å². The van der Waals surface area contributed by atoms with Crippen molar-refractivity contribution >= 4 is 62.9 Å². The van der Waals surface area contributed by atoms with E-state index in [-0.39, 0.29) is 23.4 Å². The van der Waals surface area contributed by atoms with Crippen molar-refractivity contribution < 1.29 is 17.9 Å². The first-order chi connectivity index (χ1) is 19.1. The van der Waals surface area contributed by atoms with Gasteiger partial charge in [0.25, 0.3) is 5.56 Å². The average Bonchev–Trinajstić information content (AvgIpc) is 2.93. The maximum absolute atomic E-state index is 13.4. The predicted molar refractivity (Wildman–Crippen MR) is 159 cm³/mol. The minimum absolute atomic E-state index is 0.0117. The Morgan fingerprint density at radius 2 is 1.75 bits per heavy atom. The molecule has 0 N–H and O–H groups in total. The van der Waals surface area contributed by atoms with E-state index in [9.17, 15) is 18.0 Å². The van der Waals surface area contributed by atoms with Crippen LogP contribution in [0.1, 0.15) is 16.7 Å². The number of halogens is 6. The van der Waals surface area contributed by atoms with Gasteiger partial charge in [0, 0.05) is 5.56 Å². The summed E-state index contributed by atoms with van der Waals surface area (Å²) in [6.07, 6.45) is -3.11. The van der Waals surface area contributed by atoms with E-state index in [1.165, 1.54) is 18.3 Å². The molecule has 0 aliphatic carbocycles. The van der Waals surface area contributed by atoms with E-state index in [0.29, 0.717) is 26.9 Å². The second-order valence-electron chi connectivity index (χ2n) is 8.62. The van der Waals surface area contributed by atoms with Crippen LogP contribution in [0.25, 0.3) is 22.3 Å². The highest BCUT2D eigenvalue weighted by Crippen LogP contribution is 2.32. The number of benzene rings is 4. The molecule has 0 bridgehead atoms. The average molecular weight is 694 g/mol. The maximum atomic E-state index is 13.4. The topological polar surface area (TPSA) is 56.5 Å². The van der Waals surface area contributed by atoms with Crippen molar-refractivity contribution in [1.82, 2.24) is 9.66 Å². The van der Waals surface area contributed by atoms with Crippen molar-refractivity contribution in [3.63, 3.8) is 0 Å².